The van der Waals surface area contributed by atoms with E-state index in [9.17, 15) is 4.39 Å². The highest BCUT2D eigenvalue weighted by molar-refractivity contribution is 9.11. The van der Waals surface area contributed by atoms with E-state index >= 15 is 0 Å². The third kappa shape index (κ3) is 4.29. The molecule has 108 valence electrons. The largest absolute Gasteiger partial charge is 0.310 e. The first-order chi connectivity index (χ1) is 9.60. The number of thiophene rings is 1. The Hall–Kier alpha value is -0.420. The van der Waals surface area contributed by atoms with Gasteiger partial charge in [0.25, 0.3) is 0 Å². The van der Waals surface area contributed by atoms with Crippen LogP contribution in [0, 0.1) is 5.82 Å². The average molecular weight is 377 g/mol. The lowest BCUT2D eigenvalue weighted by Crippen LogP contribution is -2.24. The Kier molecular flexibility index (Phi) is 6.02. The average Bonchev–Trinajstić information content (AvgIpc) is 2.83. The minimum absolute atomic E-state index is 0.104. The molecule has 0 saturated carbocycles. The number of hydrogen-bond donors (Lipinski definition) is 1. The molecule has 0 aliphatic heterocycles. The third-order valence-electron chi connectivity index (χ3n) is 3.02. The number of rotatable bonds is 6. The van der Waals surface area contributed by atoms with E-state index in [0.717, 1.165) is 28.7 Å². The van der Waals surface area contributed by atoms with Gasteiger partial charge in [-0.1, -0.05) is 24.6 Å². The number of benzene rings is 1. The molecule has 0 bridgehead atoms. The quantitative estimate of drug-likeness (QED) is 0.693. The molecule has 1 heterocycles. The molecule has 1 N–H and O–H groups in total. The second-order valence-electron chi connectivity index (χ2n) is 4.59. The van der Waals surface area contributed by atoms with Crippen molar-refractivity contribution in [3.8, 4) is 0 Å². The van der Waals surface area contributed by atoms with Crippen LogP contribution < -0.4 is 5.32 Å². The number of hydrogen-bond acceptors (Lipinski definition) is 2. The maximum atomic E-state index is 13.6. The van der Waals surface area contributed by atoms with Crippen LogP contribution in [0.4, 0.5) is 4.39 Å². The summed E-state index contributed by atoms with van der Waals surface area (Å²) in [6, 6.07) is 9.28. The first-order valence-electron chi connectivity index (χ1n) is 6.52. The fourth-order valence-corrected chi connectivity index (χ4v) is 3.66. The van der Waals surface area contributed by atoms with E-state index in [-0.39, 0.29) is 16.9 Å². The van der Waals surface area contributed by atoms with Crippen molar-refractivity contribution >= 4 is 38.9 Å². The van der Waals surface area contributed by atoms with Gasteiger partial charge in [-0.25, -0.2) is 4.39 Å². The molecular weight excluding hydrogens is 361 g/mol. The summed E-state index contributed by atoms with van der Waals surface area (Å²) in [5.41, 5.74) is 0.935. The highest BCUT2D eigenvalue weighted by Gasteiger charge is 2.14. The molecule has 0 saturated heterocycles. The molecule has 20 heavy (non-hydrogen) atoms. The number of halogens is 3. The van der Waals surface area contributed by atoms with Crippen molar-refractivity contribution in [3.05, 3.63) is 55.4 Å². The van der Waals surface area contributed by atoms with Crippen LogP contribution in [0.2, 0.25) is 5.02 Å². The standard InChI is InChI=1S/C15H16BrClFNS/c1-2-7-19-14(9-11-4-6-15(16)20-11)10-3-5-12(17)13(18)8-10/h3-6,8,14,19H,2,7,9H2,1H3. The van der Waals surface area contributed by atoms with Gasteiger partial charge in [-0.15, -0.1) is 11.3 Å². The van der Waals surface area contributed by atoms with Gasteiger partial charge in [0.15, 0.2) is 0 Å². The van der Waals surface area contributed by atoms with Crippen LogP contribution in [-0.2, 0) is 6.42 Å². The first-order valence-corrected chi connectivity index (χ1v) is 8.51. The summed E-state index contributed by atoms with van der Waals surface area (Å²) in [6.45, 7) is 3.02. The van der Waals surface area contributed by atoms with Gasteiger partial charge < -0.3 is 5.32 Å². The molecule has 0 aliphatic carbocycles. The topological polar surface area (TPSA) is 12.0 Å². The summed E-state index contributed by atoms with van der Waals surface area (Å²) in [5.74, 6) is -0.361. The molecule has 1 unspecified atom stereocenters. The molecule has 0 fully saturated rings. The molecule has 1 aromatic heterocycles. The van der Waals surface area contributed by atoms with Crippen LogP contribution in [0.3, 0.4) is 0 Å². The fourth-order valence-electron chi connectivity index (χ4n) is 2.02. The van der Waals surface area contributed by atoms with E-state index < -0.39 is 0 Å². The van der Waals surface area contributed by atoms with Gasteiger partial charge in [0.05, 0.1) is 8.81 Å². The minimum atomic E-state index is -0.361. The van der Waals surface area contributed by atoms with Crippen LogP contribution in [0.15, 0.2) is 34.1 Å². The SMILES string of the molecule is CCCNC(Cc1ccc(Br)s1)c1ccc(Cl)c(F)c1. The zero-order valence-electron chi connectivity index (χ0n) is 11.1. The molecule has 1 atom stereocenters. The van der Waals surface area contributed by atoms with Gasteiger partial charge in [-0.05, 0) is 58.7 Å². The Morgan fingerprint density at radius 1 is 1.35 bits per heavy atom. The van der Waals surface area contributed by atoms with Crippen molar-refractivity contribution in [2.24, 2.45) is 0 Å². The number of nitrogens with one attached hydrogen (secondary N) is 1. The lowest BCUT2D eigenvalue weighted by atomic mass is 10.0. The van der Waals surface area contributed by atoms with Crippen molar-refractivity contribution in [1.29, 1.82) is 0 Å². The summed E-state index contributed by atoms with van der Waals surface area (Å²) >= 11 is 10.9. The Morgan fingerprint density at radius 3 is 2.75 bits per heavy atom. The molecule has 0 spiro atoms. The highest BCUT2D eigenvalue weighted by atomic mass is 79.9. The minimum Gasteiger partial charge on any atom is -0.310 e. The second kappa shape index (κ2) is 7.55. The van der Waals surface area contributed by atoms with E-state index in [0.29, 0.717) is 0 Å². The lowest BCUT2D eigenvalue weighted by molar-refractivity contribution is 0.527. The van der Waals surface area contributed by atoms with E-state index in [1.807, 2.05) is 12.1 Å². The van der Waals surface area contributed by atoms with E-state index in [1.54, 1.807) is 17.4 Å². The maximum Gasteiger partial charge on any atom is 0.142 e. The fraction of sp³-hybridized carbons (Fsp3) is 0.333. The monoisotopic (exact) mass is 375 g/mol. The Labute approximate surface area is 136 Å². The Morgan fingerprint density at radius 2 is 2.15 bits per heavy atom. The van der Waals surface area contributed by atoms with Gasteiger partial charge in [0, 0.05) is 17.3 Å². The van der Waals surface area contributed by atoms with E-state index in [2.05, 4.69) is 34.2 Å². The summed E-state index contributed by atoms with van der Waals surface area (Å²) in [6.07, 6.45) is 1.89. The molecule has 5 heteroatoms. The Balaban J connectivity index is 2.19. The van der Waals surface area contributed by atoms with Crippen molar-refractivity contribution in [2.75, 3.05) is 6.54 Å². The molecular formula is C15H16BrClFNS. The zero-order valence-corrected chi connectivity index (χ0v) is 14.3. The van der Waals surface area contributed by atoms with Crippen LogP contribution in [0.25, 0.3) is 0 Å². The van der Waals surface area contributed by atoms with E-state index in [4.69, 9.17) is 11.6 Å². The zero-order chi connectivity index (χ0) is 14.5. The molecule has 1 nitrogen and oxygen atoms in total. The van der Waals surface area contributed by atoms with Crippen LogP contribution >= 0.6 is 38.9 Å². The van der Waals surface area contributed by atoms with Crippen molar-refractivity contribution in [3.63, 3.8) is 0 Å². The summed E-state index contributed by atoms with van der Waals surface area (Å²) in [4.78, 5) is 1.26. The molecule has 2 aromatic rings. The molecule has 0 amide bonds. The van der Waals surface area contributed by atoms with Crippen molar-refractivity contribution < 1.29 is 4.39 Å². The summed E-state index contributed by atoms with van der Waals surface area (Å²) in [7, 11) is 0. The first kappa shape index (κ1) is 16.0. The maximum absolute atomic E-state index is 13.6. The van der Waals surface area contributed by atoms with E-state index in [1.165, 1.54) is 10.9 Å². The van der Waals surface area contributed by atoms with Gasteiger partial charge in [-0.3, -0.25) is 0 Å². The van der Waals surface area contributed by atoms with Crippen molar-refractivity contribution in [1.82, 2.24) is 5.32 Å². The van der Waals surface area contributed by atoms with Gasteiger partial charge in [0.1, 0.15) is 5.82 Å². The molecule has 2 rings (SSSR count). The van der Waals surface area contributed by atoms with Crippen LogP contribution in [0.5, 0.6) is 0 Å². The third-order valence-corrected chi connectivity index (χ3v) is 4.97. The predicted octanol–water partition coefficient (Wildman–Crippen LogP) is 5.59. The van der Waals surface area contributed by atoms with Gasteiger partial charge in [0.2, 0.25) is 0 Å². The van der Waals surface area contributed by atoms with Gasteiger partial charge in [-0.2, -0.15) is 0 Å². The van der Waals surface area contributed by atoms with Crippen LogP contribution in [-0.4, -0.2) is 6.54 Å². The normalized spacial score (nSPS) is 12.6. The highest BCUT2D eigenvalue weighted by Crippen LogP contribution is 2.28. The smallest absolute Gasteiger partial charge is 0.142 e. The van der Waals surface area contributed by atoms with Crippen molar-refractivity contribution in [2.45, 2.75) is 25.8 Å². The molecule has 0 radical (unpaired) electrons. The predicted molar refractivity (Wildman–Crippen MR) is 88.2 cm³/mol. The molecule has 1 aromatic carbocycles. The lowest BCUT2D eigenvalue weighted by Gasteiger charge is -2.18. The summed E-state index contributed by atoms with van der Waals surface area (Å²) < 4.78 is 14.8. The second-order valence-corrected chi connectivity index (χ2v) is 7.54. The Bertz CT molecular complexity index is 573. The van der Waals surface area contributed by atoms with Crippen LogP contribution in [0.1, 0.15) is 29.8 Å². The molecule has 0 aliphatic rings. The summed E-state index contributed by atoms with van der Waals surface area (Å²) in [5, 5.41) is 3.64. The van der Waals surface area contributed by atoms with Gasteiger partial charge >= 0.3 is 0 Å².